The molecule has 0 amide bonds. The average Bonchev–Trinajstić information content (AvgIpc) is 2.08. The van der Waals surface area contributed by atoms with Gasteiger partial charge in [-0.05, 0) is 0 Å². The molecule has 72 valence electrons. The molecule has 1 heterocycles. The Labute approximate surface area is 75.0 Å². The van der Waals surface area contributed by atoms with Crippen molar-refractivity contribution in [1.82, 2.24) is 0 Å². The Hall–Kier alpha value is 0.150. The summed E-state index contributed by atoms with van der Waals surface area (Å²) in [5, 5.41) is 36.2. The van der Waals surface area contributed by atoms with E-state index in [1.54, 1.807) is 0 Å². The van der Waals surface area contributed by atoms with E-state index >= 15 is 0 Å². The molecule has 0 aliphatic carbocycles. The molecule has 1 aliphatic rings. The number of aliphatic hydroxyl groups is 4. The highest BCUT2D eigenvalue weighted by molar-refractivity contribution is 7.80. The largest absolute Gasteiger partial charge is 0.394 e. The van der Waals surface area contributed by atoms with Crippen LogP contribution in [0.25, 0.3) is 0 Å². The molecule has 0 radical (unpaired) electrons. The highest BCUT2D eigenvalue weighted by atomic mass is 32.1. The first-order chi connectivity index (χ1) is 5.57. The number of hydrogen-bond acceptors (Lipinski definition) is 6. The summed E-state index contributed by atoms with van der Waals surface area (Å²) in [4.78, 5) is 0. The monoisotopic (exact) mass is 196 g/mol. The zero-order valence-corrected chi connectivity index (χ0v) is 7.13. The van der Waals surface area contributed by atoms with Crippen molar-refractivity contribution in [2.24, 2.45) is 0 Å². The van der Waals surface area contributed by atoms with Gasteiger partial charge in [0.05, 0.1) is 6.61 Å². The molecule has 4 N–H and O–H groups in total. The second-order valence-electron chi connectivity index (χ2n) is 2.72. The molecule has 0 saturated carbocycles. The number of hydrogen-bond donors (Lipinski definition) is 5. The van der Waals surface area contributed by atoms with Crippen LogP contribution < -0.4 is 0 Å². The van der Waals surface area contributed by atoms with Crippen LogP contribution in [0.5, 0.6) is 0 Å². The minimum atomic E-state index is -1.32. The molecule has 5 atom stereocenters. The molecule has 0 unspecified atom stereocenters. The van der Waals surface area contributed by atoms with Crippen LogP contribution in [0.1, 0.15) is 0 Å². The standard InChI is InChI=1S/C6H12O5S/c7-1-2-3(8)4(9)5(10)6(12)11-2/h2-10,12H,1H2/t2-,3-,4+,5-,6+/m0/s1. The van der Waals surface area contributed by atoms with Gasteiger partial charge in [-0.25, -0.2) is 0 Å². The summed E-state index contributed by atoms with van der Waals surface area (Å²) in [6, 6.07) is 0. The maximum atomic E-state index is 9.20. The van der Waals surface area contributed by atoms with Crippen LogP contribution in [0.15, 0.2) is 0 Å². The highest BCUT2D eigenvalue weighted by Crippen LogP contribution is 2.22. The molecule has 1 fully saturated rings. The van der Waals surface area contributed by atoms with E-state index in [-0.39, 0.29) is 0 Å². The van der Waals surface area contributed by atoms with Crippen LogP contribution in [0, 0.1) is 0 Å². The van der Waals surface area contributed by atoms with Gasteiger partial charge in [-0.2, -0.15) is 0 Å². The van der Waals surface area contributed by atoms with E-state index in [2.05, 4.69) is 12.6 Å². The molecule has 0 bridgehead atoms. The van der Waals surface area contributed by atoms with Gasteiger partial charge < -0.3 is 25.2 Å². The third kappa shape index (κ3) is 1.73. The first kappa shape index (κ1) is 10.2. The fraction of sp³-hybridized carbons (Fsp3) is 1.00. The molecule has 6 heteroatoms. The lowest BCUT2D eigenvalue weighted by Crippen LogP contribution is -2.56. The van der Waals surface area contributed by atoms with Gasteiger partial charge in [0.2, 0.25) is 0 Å². The lowest BCUT2D eigenvalue weighted by Gasteiger charge is -2.37. The normalized spacial score (nSPS) is 49.2. The molecule has 1 saturated heterocycles. The van der Waals surface area contributed by atoms with Gasteiger partial charge >= 0.3 is 0 Å². The molecule has 0 aromatic carbocycles. The smallest absolute Gasteiger partial charge is 0.129 e. The van der Waals surface area contributed by atoms with Crippen molar-refractivity contribution in [2.75, 3.05) is 6.61 Å². The van der Waals surface area contributed by atoms with E-state index in [1.807, 2.05) is 0 Å². The molecule has 0 spiro atoms. The van der Waals surface area contributed by atoms with Gasteiger partial charge in [0.1, 0.15) is 29.9 Å². The Balaban J connectivity index is 2.63. The van der Waals surface area contributed by atoms with Crippen molar-refractivity contribution >= 4 is 12.6 Å². The zero-order valence-electron chi connectivity index (χ0n) is 6.24. The number of rotatable bonds is 1. The van der Waals surface area contributed by atoms with Crippen LogP contribution in [-0.4, -0.2) is 56.9 Å². The van der Waals surface area contributed by atoms with E-state index in [1.165, 1.54) is 0 Å². The summed E-state index contributed by atoms with van der Waals surface area (Å²) in [5.74, 6) is 0. The SMILES string of the molecule is OC[C@@H]1O[C@H](S)[C@@H](O)[C@H](O)[C@H]1O. The van der Waals surface area contributed by atoms with Crippen molar-refractivity contribution in [3.05, 3.63) is 0 Å². The van der Waals surface area contributed by atoms with Crippen molar-refractivity contribution in [1.29, 1.82) is 0 Å². The quantitative estimate of drug-likeness (QED) is 0.305. The Bertz CT molecular complexity index is 150. The Morgan fingerprint density at radius 2 is 1.67 bits per heavy atom. The van der Waals surface area contributed by atoms with Crippen LogP contribution in [-0.2, 0) is 4.74 Å². The first-order valence-corrected chi connectivity index (χ1v) is 4.08. The van der Waals surface area contributed by atoms with Crippen molar-refractivity contribution in [3.63, 3.8) is 0 Å². The van der Waals surface area contributed by atoms with Gasteiger partial charge in [0.15, 0.2) is 0 Å². The summed E-state index contributed by atoms with van der Waals surface area (Å²) < 4.78 is 4.88. The second kappa shape index (κ2) is 3.91. The minimum absolute atomic E-state index is 0.415. The minimum Gasteiger partial charge on any atom is -0.394 e. The lowest BCUT2D eigenvalue weighted by molar-refractivity contribution is -0.205. The zero-order chi connectivity index (χ0) is 9.30. The Kier molecular flexibility index (Phi) is 3.33. The molecular formula is C6H12O5S. The molecule has 1 rings (SSSR count). The molecule has 0 aromatic rings. The van der Waals surface area contributed by atoms with Crippen LogP contribution in [0.2, 0.25) is 0 Å². The summed E-state index contributed by atoms with van der Waals surface area (Å²) in [5.41, 5.74) is -0.874. The van der Waals surface area contributed by atoms with Crippen LogP contribution in [0.3, 0.4) is 0 Å². The molecule has 0 aromatic heterocycles. The topological polar surface area (TPSA) is 90.2 Å². The second-order valence-corrected chi connectivity index (χ2v) is 3.23. The maximum absolute atomic E-state index is 9.20. The van der Waals surface area contributed by atoms with Crippen molar-refractivity contribution < 1.29 is 25.2 Å². The fourth-order valence-corrected chi connectivity index (χ4v) is 1.41. The number of aliphatic hydroxyl groups excluding tert-OH is 4. The summed E-state index contributed by atoms with van der Waals surface area (Å²) >= 11 is 3.81. The van der Waals surface area contributed by atoms with Crippen LogP contribution in [0.4, 0.5) is 0 Å². The van der Waals surface area contributed by atoms with E-state index in [0.29, 0.717) is 0 Å². The highest BCUT2D eigenvalue weighted by Gasteiger charge is 2.41. The van der Waals surface area contributed by atoms with Gasteiger partial charge in [0.25, 0.3) is 0 Å². The predicted molar refractivity (Wildman–Crippen MR) is 42.8 cm³/mol. The van der Waals surface area contributed by atoms with Crippen molar-refractivity contribution in [3.8, 4) is 0 Å². The van der Waals surface area contributed by atoms with E-state index in [0.717, 1.165) is 0 Å². The summed E-state index contributed by atoms with van der Waals surface area (Å²) in [7, 11) is 0. The first-order valence-electron chi connectivity index (χ1n) is 3.56. The van der Waals surface area contributed by atoms with Crippen LogP contribution >= 0.6 is 12.6 Å². The van der Waals surface area contributed by atoms with Gasteiger partial charge in [-0.15, -0.1) is 12.6 Å². The molecule has 12 heavy (non-hydrogen) atoms. The third-order valence-corrected chi connectivity index (χ3v) is 2.29. The number of ether oxygens (including phenoxy) is 1. The Morgan fingerprint density at radius 1 is 1.08 bits per heavy atom. The maximum Gasteiger partial charge on any atom is 0.129 e. The van der Waals surface area contributed by atoms with Gasteiger partial charge in [-0.3, -0.25) is 0 Å². The predicted octanol–water partition coefficient (Wildman–Crippen LogP) is -2.28. The molecule has 1 aliphatic heterocycles. The van der Waals surface area contributed by atoms with E-state index < -0.39 is 36.5 Å². The van der Waals surface area contributed by atoms with Crippen molar-refractivity contribution in [2.45, 2.75) is 29.9 Å². The summed E-state index contributed by atoms with van der Waals surface area (Å²) in [6.07, 6.45) is -4.70. The summed E-state index contributed by atoms with van der Waals surface area (Å²) in [6.45, 7) is -0.415. The van der Waals surface area contributed by atoms with E-state index in [4.69, 9.17) is 14.9 Å². The van der Waals surface area contributed by atoms with Gasteiger partial charge in [-0.1, -0.05) is 0 Å². The molecule has 5 nitrogen and oxygen atoms in total. The third-order valence-electron chi connectivity index (χ3n) is 1.87. The Morgan fingerprint density at radius 3 is 2.17 bits per heavy atom. The fourth-order valence-electron chi connectivity index (χ4n) is 1.08. The van der Waals surface area contributed by atoms with E-state index in [9.17, 15) is 10.2 Å². The van der Waals surface area contributed by atoms with Gasteiger partial charge in [0, 0.05) is 0 Å². The molecular weight excluding hydrogens is 184 g/mol. The lowest BCUT2D eigenvalue weighted by atomic mass is 10.0. The average molecular weight is 196 g/mol. The number of thiol groups is 1.